The normalized spacial score (nSPS) is 26.7. The van der Waals surface area contributed by atoms with Gasteiger partial charge in [0.25, 0.3) is 0 Å². The van der Waals surface area contributed by atoms with Crippen molar-refractivity contribution in [2.75, 3.05) is 26.9 Å². The average molecular weight is 196 g/mol. The third kappa shape index (κ3) is 3.21. The number of phosphoric ester groups is 1. The van der Waals surface area contributed by atoms with Crippen LogP contribution in [0.15, 0.2) is 0 Å². The van der Waals surface area contributed by atoms with Crippen LogP contribution in [0, 0.1) is 0 Å². The number of epoxide rings is 1. The van der Waals surface area contributed by atoms with Crippen LogP contribution in [0.1, 0.15) is 6.92 Å². The fourth-order valence-electron chi connectivity index (χ4n) is 0.639. The summed E-state index contributed by atoms with van der Waals surface area (Å²) in [5.74, 6) is 0. The molecule has 0 aliphatic carbocycles. The molecule has 0 aromatic carbocycles. The van der Waals surface area contributed by atoms with Crippen LogP contribution in [0.5, 0.6) is 0 Å². The Bertz CT molecular complexity index is 179. The molecule has 1 unspecified atom stereocenters. The molecule has 0 aromatic rings. The highest BCUT2D eigenvalue weighted by Gasteiger charge is 2.30. The van der Waals surface area contributed by atoms with Crippen LogP contribution in [0.4, 0.5) is 0 Å². The summed E-state index contributed by atoms with van der Waals surface area (Å²) in [6.45, 7) is 2.96. The maximum Gasteiger partial charge on any atom is 0.474 e. The SMILES string of the molecule is CCOP(=O)(OC)OC[C@@H]1CO1. The largest absolute Gasteiger partial charge is 0.474 e. The first-order chi connectivity index (χ1) is 5.70. The zero-order chi connectivity index (χ0) is 9.03. The van der Waals surface area contributed by atoms with Crippen LogP contribution in [-0.2, 0) is 22.9 Å². The Morgan fingerprint density at radius 1 is 1.58 bits per heavy atom. The molecule has 6 heteroatoms. The monoisotopic (exact) mass is 196 g/mol. The molecule has 1 rings (SSSR count). The standard InChI is InChI=1S/C6H13O5P/c1-3-10-12(7,8-2)11-5-6-4-9-6/h6H,3-5H2,1-2H3/t6-,12?/m0/s1. The van der Waals surface area contributed by atoms with Gasteiger partial charge in [-0.05, 0) is 6.92 Å². The van der Waals surface area contributed by atoms with Gasteiger partial charge in [-0.1, -0.05) is 0 Å². The van der Waals surface area contributed by atoms with Gasteiger partial charge in [0.2, 0.25) is 0 Å². The molecular weight excluding hydrogens is 183 g/mol. The van der Waals surface area contributed by atoms with Gasteiger partial charge >= 0.3 is 7.82 Å². The van der Waals surface area contributed by atoms with E-state index in [0.717, 1.165) is 0 Å². The Balaban J connectivity index is 2.25. The fraction of sp³-hybridized carbons (Fsp3) is 1.00. The predicted molar refractivity (Wildman–Crippen MR) is 41.9 cm³/mol. The summed E-state index contributed by atoms with van der Waals surface area (Å²) in [7, 11) is -2.00. The van der Waals surface area contributed by atoms with Crippen molar-refractivity contribution in [1.82, 2.24) is 0 Å². The lowest BCUT2D eigenvalue weighted by molar-refractivity contribution is 0.127. The Labute approximate surface area is 71.6 Å². The average Bonchev–Trinajstić information content (AvgIpc) is 2.85. The minimum atomic E-state index is -3.29. The summed E-state index contributed by atoms with van der Waals surface area (Å²) in [6.07, 6.45) is 0.0638. The maximum atomic E-state index is 11.4. The second-order valence-electron chi connectivity index (χ2n) is 2.30. The van der Waals surface area contributed by atoms with Gasteiger partial charge in [-0.2, -0.15) is 0 Å². The van der Waals surface area contributed by atoms with Crippen molar-refractivity contribution in [3.8, 4) is 0 Å². The first-order valence-corrected chi connectivity index (χ1v) is 5.22. The van der Waals surface area contributed by atoms with E-state index in [1.54, 1.807) is 6.92 Å². The van der Waals surface area contributed by atoms with Gasteiger partial charge in [-0.15, -0.1) is 0 Å². The Morgan fingerprint density at radius 3 is 2.67 bits per heavy atom. The third-order valence-corrected chi connectivity index (χ3v) is 2.82. The molecule has 0 amide bonds. The summed E-state index contributed by atoms with van der Waals surface area (Å²) in [6, 6.07) is 0. The van der Waals surface area contributed by atoms with Crippen molar-refractivity contribution < 1.29 is 22.9 Å². The second-order valence-corrected chi connectivity index (χ2v) is 4.07. The topological polar surface area (TPSA) is 57.3 Å². The Hall–Kier alpha value is 0.0700. The van der Waals surface area contributed by atoms with Crippen LogP contribution >= 0.6 is 7.82 Å². The first-order valence-electron chi connectivity index (χ1n) is 3.76. The van der Waals surface area contributed by atoms with E-state index in [9.17, 15) is 4.57 Å². The number of ether oxygens (including phenoxy) is 1. The summed E-state index contributed by atoms with van der Waals surface area (Å²) in [4.78, 5) is 0. The van der Waals surface area contributed by atoms with Crippen molar-refractivity contribution >= 4 is 7.82 Å². The highest BCUT2D eigenvalue weighted by atomic mass is 31.2. The quantitative estimate of drug-likeness (QED) is 0.471. The van der Waals surface area contributed by atoms with Crippen LogP contribution in [0.2, 0.25) is 0 Å². The zero-order valence-electron chi connectivity index (χ0n) is 7.19. The van der Waals surface area contributed by atoms with Crippen LogP contribution in [0.25, 0.3) is 0 Å². The van der Waals surface area contributed by atoms with Gasteiger partial charge in [0.15, 0.2) is 0 Å². The summed E-state index contributed by atoms with van der Waals surface area (Å²) < 4.78 is 30.6. The molecule has 72 valence electrons. The van der Waals surface area contributed by atoms with E-state index in [1.807, 2.05) is 0 Å². The molecule has 1 aliphatic rings. The van der Waals surface area contributed by atoms with E-state index >= 15 is 0 Å². The van der Waals surface area contributed by atoms with E-state index in [-0.39, 0.29) is 12.7 Å². The summed E-state index contributed by atoms with van der Waals surface area (Å²) >= 11 is 0. The molecule has 0 saturated carbocycles. The number of phosphoric acid groups is 1. The molecule has 0 bridgehead atoms. The number of hydrogen-bond donors (Lipinski definition) is 0. The van der Waals surface area contributed by atoms with Crippen molar-refractivity contribution in [2.45, 2.75) is 13.0 Å². The minimum Gasteiger partial charge on any atom is -0.371 e. The van der Waals surface area contributed by atoms with Crippen LogP contribution in [-0.4, -0.2) is 33.0 Å². The molecule has 2 atom stereocenters. The highest BCUT2D eigenvalue weighted by Crippen LogP contribution is 2.48. The molecule has 1 saturated heterocycles. The van der Waals surface area contributed by atoms with Crippen molar-refractivity contribution in [1.29, 1.82) is 0 Å². The summed E-state index contributed by atoms with van der Waals surface area (Å²) in [5.41, 5.74) is 0. The Morgan fingerprint density at radius 2 is 2.25 bits per heavy atom. The Kier molecular flexibility index (Phi) is 3.68. The lowest BCUT2D eigenvalue weighted by Gasteiger charge is -2.13. The highest BCUT2D eigenvalue weighted by molar-refractivity contribution is 7.48. The molecule has 0 aromatic heterocycles. The smallest absolute Gasteiger partial charge is 0.371 e. The third-order valence-electron chi connectivity index (χ3n) is 1.33. The minimum absolute atomic E-state index is 0.0638. The van der Waals surface area contributed by atoms with Gasteiger partial charge in [0.05, 0.1) is 19.8 Å². The van der Waals surface area contributed by atoms with Crippen LogP contribution in [0.3, 0.4) is 0 Å². The van der Waals surface area contributed by atoms with Gasteiger partial charge in [-0.3, -0.25) is 13.6 Å². The summed E-state index contributed by atoms with van der Waals surface area (Å²) in [5, 5.41) is 0. The maximum absolute atomic E-state index is 11.4. The molecule has 12 heavy (non-hydrogen) atoms. The molecule has 1 fully saturated rings. The van der Waals surface area contributed by atoms with Gasteiger partial charge in [0.1, 0.15) is 6.10 Å². The zero-order valence-corrected chi connectivity index (χ0v) is 8.08. The molecule has 1 aliphatic heterocycles. The van der Waals surface area contributed by atoms with Crippen molar-refractivity contribution in [3.63, 3.8) is 0 Å². The van der Waals surface area contributed by atoms with Gasteiger partial charge in [-0.25, -0.2) is 4.57 Å². The number of rotatable bonds is 6. The van der Waals surface area contributed by atoms with E-state index in [2.05, 4.69) is 4.52 Å². The fourth-order valence-corrected chi connectivity index (χ4v) is 1.59. The number of hydrogen-bond acceptors (Lipinski definition) is 5. The lowest BCUT2D eigenvalue weighted by atomic mass is 10.5. The predicted octanol–water partition coefficient (Wildman–Crippen LogP) is 1.19. The molecule has 0 spiro atoms. The van der Waals surface area contributed by atoms with Gasteiger partial charge < -0.3 is 4.74 Å². The molecule has 5 nitrogen and oxygen atoms in total. The van der Waals surface area contributed by atoms with E-state index in [0.29, 0.717) is 13.2 Å². The van der Waals surface area contributed by atoms with Crippen molar-refractivity contribution in [3.05, 3.63) is 0 Å². The molecule has 1 heterocycles. The molecule has 0 N–H and O–H groups in total. The second kappa shape index (κ2) is 4.35. The van der Waals surface area contributed by atoms with Crippen molar-refractivity contribution in [2.24, 2.45) is 0 Å². The van der Waals surface area contributed by atoms with Gasteiger partial charge in [0, 0.05) is 7.11 Å². The van der Waals surface area contributed by atoms with E-state index < -0.39 is 7.82 Å². The lowest BCUT2D eigenvalue weighted by Crippen LogP contribution is -2.03. The van der Waals surface area contributed by atoms with E-state index in [4.69, 9.17) is 13.8 Å². The molecule has 0 radical (unpaired) electrons. The first kappa shape index (κ1) is 10.2. The van der Waals surface area contributed by atoms with Crippen LogP contribution < -0.4 is 0 Å². The van der Waals surface area contributed by atoms with E-state index in [1.165, 1.54) is 7.11 Å². The molecular formula is C6H13O5P.